The number of thioether (sulfide) groups is 1. The van der Waals surface area contributed by atoms with Crippen molar-refractivity contribution in [3.8, 4) is 0 Å². The minimum Gasteiger partial charge on any atom is -0.391 e. The first kappa shape index (κ1) is 16.0. The highest BCUT2D eigenvalue weighted by atomic mass is 32.2. The summed E-state index contributed by atoms with van der Waals surface area (Å²) >= 11 is 2.75. The van der Waals surface area contributed by atoms with Gasteiger partial charge in [-0.15, -0.1) is 11.3 Å². The van der Waals surface area contributed by atoms with Crippen LogP contribution in [0.2, 0.25) is 0 Å². The highest BCUT2D eigenvalue weighted by molar-refractivity contribution is 7.98. The monoisotopic (exact) mass is 309 g/mol. The van der Waals surface area contributed by atoms with Gasteiger partial charge in [0.15, 0.2) is 0 Å². The molecule has 0 aromatic carbocycles. The zero-order valence-corrected chi connectivity index (χ0v) is 13.2. The van der Waals surface area contributed by atoms with Crippen molar-refractivity contribution in [2.45, 2.75) is 37.1 Å². The summed E-state index contributed by atoms with van der Waals surface area (Å²) in [5.74, 6) is 0.757. The Kier molecular flexibility index (Phi) is 6.13. The Bertz CT molecular complexity index is 482. The van der Waals surface area contributed by atoms with Crippen LogP contribution < -0.4 is 4.72 Å². The molecule has 0 aliphatic heterocycles. The number of sulfonamides is 1. The number of rotatable bonds is 7. The van der Waals surface area contributed by atoms with E-state index < -0.39 is 10.0 Å². The summed E-state index contributed by atoms with van der Waals surface area (Å²) in [6, 6.07) is 1.56. The van der Waals surface area contributed by atoms with E-state index in [9.17, 15) is 8.42 Å². The van der Waals surface area contributed by atoms with E-state index in [2.05, 4.69) is 4.72 Å². The van der Waals surface area contributed by atoms with Gasteiger partial charge in [0.2, 0.25) is 10.0 Å². The van der Waals surface area contributed by atoms with Gasteiger partial charge in [0.1, 0.15) is 4.21 Å². The number of aliphatic hydroxyl groups excluding tert-OH is 1. The van der Waals surface area contributed by atoms with Crippen LogP contribution in [0.4, 0.5) is 0 Å². The molecule has 0 spiro atoms. The van der Waals surface area contributed by atoms with Gasteiger partial charge in [-0.2, -0.15) is 11.8 Å². The van der Waals surface area contributed by atoms with Crippen molar-refractivity contribution in [2.75, 3.05) is 12.0 Å². The van der Waals surface area contributed by atoms with Crippen LogP contribution in [0.1, 0.15) is 23.8 Å². The molecule has 104 valence electrons. The SMILES string of the molecule is CCC(CSC)NS(=O)(=O)c1cc(C)c(CO)s1. The van der Waals surface area contributed by atoms with Crippen LogP contribution in [-0.4, -0.2) is 31.6 Å². The third-order valence-corrected chi connectivity index (χ3v) is 6.54. The molecule has 1 aromatic heterocycles. The second-order valence-electron chi connectivity index (χ2n) is 4.01. The third-order valence-electron chi connectivity index (χ3n) is 2.59. The zero-order valence-electron chi connectivity index (χ0n) is 10.8. The number of aryl methyl sites for hydroxylation is 1. The van der Waals surface area contributed by atoms with Gasteiger partial charge < -0.3 is 5.11 Å². The summed E-state index contributed by atoms with van der Waals surface area (Å²) in [6.07, 6.45) is 2.72. The van der Waals surface area contributed by atoms with Crippen molar-refractivity contribution in [2.24, 2.45) is 0 Å². The van der Waals surface area contributed by atoms with Gasteiger partial charge in [0.25, 0.3) is 0 Å². The van der Waals surface area contributed by atoms with Gasteiger partial charge in [-0.05, 0) is 31.2 Å². The normalized spacial score (nSPS) is 13.8. The first-order valence-electron chi connectivity index (χ1n) is 5.66. The van der Waals surface area contributed by atoms with E-state index in [1.807, 2.05) is 13.2 Å². The first-order valence-corrected chi connectivity index (χ1v) is 9.35. The number of thiophene rings is 1. The Labute approximate surface area is 117 Å². The Morgan fingerprint density at radius 2 is 2.22 bits per heavy atom. The predicted octanol–water partition coefficient (Wildman–Crippen LogP) is 1.97. The molecule has 1 heterocycles. The Balaban J connectivity index is 2.91. The van der Waals surface area contributed by atoms with Crippen molar-refractivity contribution in [1.29, 1.82) is 0 Å². The van der Waals surface area contributed by atoms with Crippen LogP contribution in [0, 0.1) is 6.92 Å². The molecule has 0 saturated carbocycles. The quantitative estimate of drug-likeness (QED) is 0.808. The summed E-state index contributed by atoms with van der Waals surface area (Å²) in [5, 5.41) is 9.10. The minimum atomic E-state index is -3.46. The summed E-state index contributed by atoms with van der Waals surface area (Å²) in [7, 11) is -3.46. The molecule has 0 saturated heterocycles. The van der Waals surface area contributed by atoms with E-state index in [-0.39, 0.29) is 16.9 Å². The molecule has 0 aliphatic carbocycles. The molecule has 0 bridgehead atoms. The van der Waals surface area contributed by atoms with Gasteiger partial charge in [-0.1, -0.05) is 6.92 Å². The van der Waals surface area contributed by atoms with Gasteiger partial charge in [0.05, 0.1) is 6.61 Å². The van der Waals surface area contributed by atoms with E-state index in [1.54, 1.807) is 24.8 Å². The predicted molar refractivity (Wildman–Crippen MR) is 77.8 cm³/mol. The minimum absolute atomic E-state index is 0.0509. The summed E-state index contributed by atoms with van der Waals surface area (Å²) in [6.45, 7) is 3.65. The lowest BCUT2D eigenvalue weighted by Gasteiger charge is -2.14. The average molecular weight is 309 g/mol. The van der Waals surface area contributed by atoms with Crippen molar-refractivity contribution in [3.05, 3.63) is 16.5 Å². The number of nitrogens with one attached hydrogen (secondary N) is 1. The Morgan fingerprint density at radius 3 is 2.67 bits per heavy atom. The number of aliphatic hydroxyl groups is 1. The fourth-order valence-corrected chi connectivity index (χ4v) is 5.10. The molecule has 0 amide bonds. The molecule has 0 fully saturated rings. The van der Waals surface area contributed by atoms with E-state index >= 15 is 0 Å². The molecule has 4 nitrogen and oxygen atoms in total. The Morgan fingerprint density at radius 1 is 1.56 bits per heavy atom. The lowest BCUT2D eigenvalue weighted by molar-refractivity contribution is 0.285. The molecule has 1 rings (SSSR count). The smallest absolute Gasteiger partial charge is 0.250 e. The van der Waals surface area contributed by atoms with Gasteiger partial charge in [0, 0.05) is 16.7 Å². The number of hydrogen-bond donors (Lipinski definition) is 2. The van der Waals surface area contributed by atoms with Gasteiger partial charge in [-0.3, -0.25) is 0 Å². The molecule has 7 heteroatoms. The van der Waals surface area contributed by atoms with E-state index in [1.165, 1.54) is 0 Å². The molecule has 1 atom stereocenters. The lowest BCUT2D eigenvalue weighted by Crippen LogP contribution is -2.35. The van der Waals surface area contributed by atoms with Gasteiger partial charge >= 0.3 is 0 Å². The maximum atomic E-state index is 12.2. The van der Waals surface area contributed by atoms with Crippen LogP contribution in [-0.2, 0) is 16.6 Å². The molecule has 0 aliphatic rings. The van der Waals surface area contributed by atoms with Crippen molar-refractivity contribution in [1.82, 2.24) is 4.72 Å². The molecule has 2 N–H and O–H groups in total. The van der Waals surface area contributed by atoms with Crippen LogP contribution in [0.15, 0.2) is 10.3 Å². The molecule has 0 radical (unpaired) electrons. The van der Waals surface area contributed by atoms with Gasteiger partial charge in [-0.25, -0.2) is 13.1 Å². The largest absolute Gasteiger partial charge is 0.391 e. The molecule has 1 unspecified atom stereocenters. The maximum Gasteiger partial charge on any atom is 0.250 e. The first-order chi connectivity index (χ1) is 8.44. The highest BCUT2D eigenvalue weighted by Crippen LogP contribution is 2.26. The lowest BCUT2D eigenvalue weighted by atomic mass is 10.3. The van der Waals surface area contributed by atoms with Crippen LogP contribution in [0.25, 0.3) is 0 Å². The fraction of sp³-hybridized carbons (Fsp3) is 0.636. The maximum absolute atomic E-state index is 12.2. The van der Waals surface area contributed by atoms with Crippen molar-refractivity contribution >= 4 is 33.1 Å². The number of hydrogen-bond acceptors (Lipinski definition) is 5. The molecule has 1 aromatic rings. The summed E-state index contributed by atoms with van der Waals surface area (Å²) in [4.78, 5) is 0.702. The summed E-state index contributed by atoms with van der Waals surface area (Å²) in [5.41, 5.74) is 0.820. The van der Waals surface area contributed by atoms with E-state index in [0.717, 1.165) is 29.1 Å². The second-order valence-corrected chi connectivity index (χ2v) is 8.00. The van der Waals surface area contributed by atoms with Crippen LogP contribution in [0.3, 0.4) is 0 Å². The third kappa shape index (κ3) is 3.96. The molecular weight excluding hydrogens is 290 g/mol. The standard InChI is InChI=1S/C11H19NO3S3/c1-4-9(7-16-3)12-18(14,15)11-5-8(2)10(6-13)17-11/h5,9,12-13H,4,6-7H2,1-3H3. The topological polar surface area (TPSA) is 66.4 Å². The highest BCUT2D eigenvalue weighted by Gasteiger charge is 2.21. The van der Waals surface area contributed by atoms with E-state index in [0.29, 0.717) is 4.88 Å². The Hall–Kier alpha value is -0.0800. The second kappa shape index (κ2) is 6.91. The fourth-order valence-electron chi connectivity index (χ4n) is 1.49. The van der Waals surface area contributed by atoms with Crippen molar-refractivity contribution in [3.63, 3.8) is 0 Å². The van der Waals surface area contributed by atoms with Crippen LogP contribution >= 0.6 is 23.1 Å². The zero-order chi connectivity index (χ0) is 13.8. The molecule has 18 heavy (non-hydrogen) atoms. The average Bonchev–Trinajstić information content (AvgIpc) is 2.70. The van der Waals surface area contributed by atoms with Crippen LogP contribution in [0.5, 0.6) is 0 Å². The molecular formula is C11H19NO3S3. The summed E-state index contributed by atoms with van der Waals surface area (Å²) < 4.78 is 27.3. The van der Waals surface area contributed by atoms with Crippen molar-refractivity contribution < 1.29 is 13.5 Å². The van der Waals surface area contributed by atoms with E-state index in [4.69, 9.17) is 5.11 Å².